The van der Waals surface area contributed by atoms with Crippen molar-refractivity contribution in [1.82, 2.24) is 0 Å². The molecule has 3 unspecified atom stereocenters. The summed E-state index contributed by atoms with van der Waals surface area (Å²) in [6.45, 7) is 4.61. The molecule has 0 radical (unpaired) electrons. The number of aryl methyl sites for hydroxylation is 1. The number of rotatable bonds is 10. The molecule has 4 heteroatoms. The van der Waals surface area contributed by atoms with Crippen LogP contribution >= 0.6 is 21.0 Å². The van der Waals surface area contributed by atoms with E-state index in [1.165, 1.54) is 28.5 Å². The van der Waals surface area contributed by atoms with Gasteiger partial charge in [0, 0.05) is 28.8 Å². The van der Waals surface area contributed by atoms with E-state index in [-0.39, 0.29) is 5.41 Å². The summed E-state index contributed by atoms with van der Waals surface area (Å²) < 4.78 is 0. The van der Waals surface area contributed by atoms with Gasteiger partial charge in [-0.15, -0.1) is 11.6 Å². The van der Waals surface area contributed by atoms with Crippen LogP contribution in [0.25, 0.3) is 0 Å². The summed E-state index contributed by atoms with van der Waals surface area (Å²) in [6.07, 6.45) is 4.43. The molecule has 31 heavy (non-hydrogen) atoms. The lowest BCUT2D eigenvalue weighted by Crippen LogP contribution is -2.32. The molecule has 0 aromatic heterocycles. The topological polar surface area (TPSA) is 35.9 Å². The van der Waals surface area contributed by atoms with E-state index in [2.05, 4.69) is 101 Å². The van der Waals surface area contributed by atoms with Gasteiger partial charge in [0.2, 0.25) is 0 Å². The van der Waals surface area contributed by atoms with Crippen LogP contribution in [0.15, 0.2) is 72.8 Å². The highest BCUT2D eigenvalue weighted by Crippen LogP contribution is 2.47. The van der Waals surface area contributed by atoms with Crippen molar-refractivity contribution in [2.75, 3.05) is 11.0 Å². The molecule has 2 N–H and O–H groups in total. The molecule has 0 amide bonds. The predicted molar refractivity (Wildman–Crippen MR) is 139 cm³/mol. The second kappa shape index (κ2) is 10.9. The van der Waals surface area contributed by atoms with Crippen molar-refractivity contribution in [2.45, 2.75) is 44.4 Å². The Hall–Kier alpha value is -2.15. The van der Waals surface area contributed by atoms with E-state index >= 15 is 0 Å². The van der Waals surface area contributed by atoms with E-state index in [9.17, 15) is 0 Å². The first-order chi connectivity index (χ1) is 15.1. The van der Waals surface area contributed by atoms with Gasteiger partial charge in [0.05, 0.1) is 0 Å². The monoisotopic (exact) mass is 450 g/mol. The average molecular weight is 451 g/mol. The van der Waals surface area contributed by atoms with Crippen LogP contribution in [0, 0.1) is 5.41 Å². The molecule has 0 heterocycles. The van der Waals surface area contributed by atoms with Crippen molar-refractivity contribution >= 4 is 32.9 Å². The fraction of sp³-hybridized carbons (Fsp3) is 0.296. The third-order valence-corrected chi connectivity index (χ3v) is 7.00. The van der Waals surface area contributed by atoms with Gasteiger partial charge in [0.15, 0.2) is 0 Å². The Morgan fingerprint density at radius 1 is 1.03 bits per heavy atom. The van der Waals surface area contributed by atoms with Gasteiger partial charge in [-0.25, -0.2) is 0 Å². The summed E-state index contributed by atoms with van der Waals surface area (Å²) in [6, 6.07) is 26.3. The molecule has 162 valence electrons. The van der Waals surface area contributed by atoms with E-state index in [1.807, 2.05) is 0 Å². The van der Waals surface area contributed by atoms with Gasteiger partial charge in [0.25, 0.3) is 0 Å². The molecule has 0 spiro atoms. The zero-order valence-corrected chi connectivity index (χ0v) is 20.3. The van der Waals surface area contributed by atoms with Gasteiger partial charge in [-0.05, 0) is 69.0 Å². The summed E-state index contributed by atoms with van der Waals surface area (Å²) in [5.41, 5.74) is 6.76. The lowest BCUT2D eigenvalue weighted by molar-refractivity contribution is 0.433. The van der Waals surface area contributed by atoms with Crippen LogP contribution in [-0.2, 0) is 11.8 Å². The molecular weight excluding hydrogens is 419 g/mol. The first-order valence-electron chi connectivity index (χ1n) is 10.9. The van der Waals surface area contributed by atoms with E-state index in [1.54, 1.807) is 0 Å². The second-order valence-corrected chi connectivity index (χ2v) is 8.82. The first kappa shape index (κ1) is 23.5. The maximum absolute atomic E-state index is 7.92. The molecule has 0 saturated carbocycles. The fourth-order valence-corrected chi connectivity index (χ4v) is 5.05. The summed E-state index contributed by atoms with van der Waals surface area (Å²) in [5.74, 6) is 0.990. The maximum Gasteiger partial charge on any atom is 0.0457 e. The first-order valence-corrected chi connectivity index (χ1v) is 12.0. The van der Waals surface area contributed by atoms with Crippen LogP contribution in [0.5, 0.6) is 0 Å². The highest BCUT2D eigenvalue weighted by molar-refractivity contribution is 7.18. The largest absolute Gasteiger partial charge is 0.369 e. The highest BCUT2D eigenvalue weighted by Gasteiger charge is 2.38. The van der Waals surface area contributed by atoms with Crippen molar-refractivity contribution in [2.24, 2.45) is 0 Å². The highest BCUT2D eigenvalue weighted by atomic mass is 35.5. The second-order valence-electron chi connectivity index (χ2n) is 8.15. The van der Waals surface area contributed by atoms with Gasteiger partial charge in [-0.1, -0.05) is 74.5 Å². The molecule has 2 nitrogen and oxygen atoms in total. The number of anilines is 1. The molecule has 3 rings (SSSR count). The molecule has 0 saturated heterocycles. The predicted octanol–water partition coefficient (Wildman–Crippen LogP) is 7.56. The van der Waals surface area contributed by atoms with Crippen molar-refractivity contribution in [3.63, 3.8) is 0 Å². The molecule has 3 aromatic rings. The Balaban J connectivity index is 2.17. The zero-order chi connectivity index (χ0) is 22.3. The van der Waals surface area contributed by atoms with Crippen LogP contribution in [-0.4, -0.2) is 12.1 Å². The van der Waals surface area contributed by atoms with E-state index in [0.29, 0.717) is 11.8 Å². The minimum Gasteiger partial charge on any atom is -0.369 e. The van der Waals surface area contributed by atoms with Crippen LogP contribution in [0.2, 0.25) is 0 Å². The lowest BCUT2D eigenvalue weighted by atomic mass is 9.63. The number of benzene rings is 3. The van der Waals surface area contributed by atoms with E-state index in [0.717, 1.165) is 30.5 Å². The number of nitrogens with one attached hydrogen (secondary N) is 2. The van der Waals surface area contributed by atoms with Crippen molar-refractivity contribution in [3.05, 3.63) is 101 Å². The Morgan fingerprint density at radius 3 is 2.29 bits per heavy atom. The van der Waals surface area contributed by atoms with Gasteiger partial charge >= 0.3 is 0 Å². The van der Waals surface area contributed by atoms with Gasteiger partial charge in [-0.2, -0.15) is 0 Å². The molecule has 0 aliphatic rings. The Labute approximate surface area is 194 Å². The van der Waals surface area contributed by atoms with Gasteiger partial charge < -0.3 is 10.5 Å². The molecule has 0 fully saturated rings. The van der Waals surface area contributed by atoms with E-state index in [4.69, 9.17) is 17.0 Å². The van der Waals surface area contributed by atoms with Crippen molar-refractivity contribution < 1.29 is 0 Å². The lowest BCUT2D eigenvalue weighted by Gasteiger charge is -2.39. The van der Waals surface area contributed by atoms with Crippen LogP contribution in [0.3, 0.4) is 0 Å². The molecule has 0 bridgehead atoms. The van der Waals surface area contributed by atoms with Crippen molar-refractivity contribution in [3.8, 4) is 0 Å². The van der Waals surface area contributed by atoms with E-state index < -0.39 is 0 Å². The molecular formula is C27H32ClN2P. The Bertz CT molecular complexity index is 988. The normalized spacial score (nSPS) is 13.9. The van der Waals surface area contributed by atoms with Crippen LogP contribution in [0.1, 0.15) is 60.4 Å². The Morgan fingerprint density at radius 2 is 1.71 bits per heavy atom. The Kier molecular flexibility index (Phi) is 8.29. The summed E-state index contributed by atoms with van der Waals surface area (Å²) >= 11 is 5.89. The minimum absolute atomic E-state index is 0.238. The van der Waals surface area contributed by atoms with Crippen molar-refractivity contribution in [1.29, 1.82) is 5.41 Å². The third-order valence-electron chi connectivity index (χ3n) is 6.42. The number of halogens is 1. The maximum atomic E-state index is 7.92. The summed E-state index contributed by atoms with van der Waals surface area (Å²) in [5, 5.41) is 11.0. The number of alkyl halides is 1. The van der Waals surface area contributed by atoms with Crippen LogP contribution < -0.4 is 5.09 Å². The number of hydrogen-bond acceptors (Lipinski definition) is 2. The third kappa shape index (κ3) is 5.03. The molecule has 3 atom stereocenters. The standard InChI is InChI=1S/C27H32ClN2P/c1-3-25(21-9-5-4-6-10-21)27(2,23-13-11-20(12-14-23)8-7-17-28)24-15-16-26(30-31)22(18-24)19-29/h4-6,9-16,18-19,25,29-30H,3,7-8,17,31H2,1-2H3. The summed E-state index contributed by atoms with van der Waals surface area (Å²) in [4.78, 5) is 0. The fourth-order valence-electron chi connectivity index (χ4n) is 4.66. The smallest absolute Gasteiger partial charge is 0.0457 e. The number of hydrogen-bond donors (Lipinski definition) is 2. The minimum atomic E-state index is -0.238. The van der Waals surface area contributed by atoms with Gasteiger partial charge in [0.1, 0.15) is 0 Å². The quantitative estimate of drug-likeness (QED) is 0.186. The SMILES string of the molecule is CCC(c1ccccc1)C(C)(c1ccc(CCCCl)cc1)c1ccc(NP)c(C=N)c1. The average Bonchev–Trinajstić information content (AvgIpc) is 2.83. The van der Waals surface area contributed by atoms with Gasteiger partial charge in [-0.3, -0.25) is 0 Å². The molecule has 3 aromatic carbocycles. The molecule has 0 aliphatic heterocycles. The zero-order valence-electron chi connectivity index (χ0n) is 18.4. The molecule has 0 aliphatic carbocycles. The van der Waals surface area contributed by atoms with Crippen LogP contribution in [0.4, 0.5) is 5.69 Å². The summed E-state index contributed by atoms with van der Waals surface area (Å²) in [7, 11) is 2.53.